The smallest absolute Gasteiger partial charge is 0.383 e. The van der Waals surface area contributed by atoms with Crippen LogP contribution in [0.3, 0.4) is 0 Å². The van der Waals surface area contributed by atoms with Gasteiger partial charge in [-0.1, -0.05) is 26.0 Å². The highest BCUT2D eigenvalue weighted by molar-refractivity contribution is 5.96. The number of methoxy groups -OCH3 is 1. The summed E-state index contributed by atoms with van der Waals surface area (Å²) in [5, 5.41) is 4.45. The summed E-state index contributed by atoms with van der Waals surface area (Å²) < 4.78 is 57.5. The fraction of sp³-hybridized carbons (Fsp3) is 0.467. The van der Waals surface area contributed by atoms with Gasteiger partial charge in [0.2, 0.25) is 0 Å². The molecule has 0 spiro atoms. The number of aryl methyl sites for hydroxylation is 1. The average molecular weight is 551 g/mol. The van der Waals surface area contributed by atoms with Gasteiger partial charge in [0.05, 0.1) is 17.7 Å². The van der Waals surface area contributed by atoms with E-state index >= 15 is 0 Å². The summed E-state index contributed by atoms with van der Waals surface area (Å²) in [7, 11) is 3.50. The summed E-state index contributed by atoms with van der Waals surface area (Å²) in [6, 6.07) is 5.71. The van der Waals surface area contributed by atoms with Crippen LogP contribution in [0.25, 0.3) is 12.8 Å². The number of ether oxygens (including phenoxy) is 1. The van der Waals surface area contributed by atoms with Crippen molar-refractivity contribution in [2.75, 3.05) is 33.9 Å². The molecule has 0 aliphatic rings. The number of carbonyl (C=O) groups is 2. The van der Waals surface area contributed by atoms with Gasteiger partial charge in [-0.25, -0.2) is 4.39 Å². The van der Waals surface area contributed by atoms with Crippen LogP contribution < -0.4 is 15.8 Å². The Morgan fingerprint density at radius 1 is 1.15 bits per heavy atom. The van der Waals surface area contributed by atoms with Crippen molar-refractivity contribution in [2.45, 2.75) is 52.1 Å². The molecule has 0 aliphatic heterocycles. The van der Waals surface area contributed by atoms with Crippen molar-refractivity contribution < 1.29 is 31.9 Å². The van der Waals surface area contributed by atoms with Gasteiger partial charge in [-0.05, 0) is 72.4 Å². The molecular formula is C30H38F4N2O3. The number of carbonyl (C=O) groups excluding carboxylic acids is 2. The zero-order chi connectivity index (χ0) is 29.2. The Balaban J connectivity index is 2.05. The van der Waals surface area contributed by atoms with Crippen molar-refractivity contribution in [2.24, 2.45) is 5.92 Å². The number of nitrogens with one attached hydrogen (secondary N) is 1. The van der Waals surface area contributed by atoms with Crippen molar-refractivity contribution in [3.63, 3.8) is 0 Å². The van der Waals surface area contributed by atoms with Crippen LogP contribution >= 0.6 is 0 Å². The van der Waals surface area contributed by atoms with E-state index in [9.17, 15) is 27.2 Å². The van der Waals surface area contributed by atoms with Crippen LogP contribution in [0.5, 0.6) is 0 Å². The third-order valence-corrected chi connectivity index (χ3v) is 6.54. The third-order valence-electron chi connectivity index (χ3n) is 6.54. The predicted molar refractivity (Wildman–Crippen MR) is 145 cm³/mol. The predicted octanol–water partition coefficient (Wildman–Crippen LogP) is 5.08. The lowest BCUT2D eigenvalue weighted by Gasteiger charge is -2.23. The Kier molecular flexibility index (Phi) is 12.2. The number of Topliss-reactive ketones (excluding diaryl/α,β-unsaturated/α-hetero) is 1. The van der Waals surface area contributed by atoms with Crippen molar-refractivity contribution in [3.05, 3.63) is 68.8 Å². The Hall–Kier alpha value is -3.20. The zero-order valence-corrected chi connectivity index (χ0v) is 23.1. The molecule has 2 aromatic carbocycles. The minimum atomic E-state index is -4.66. The first-order chi connectivity index (χ1) is 18.4. The average Bonchev–Trinajstić information content (AvgIpc) is 2.85. The van der Waals surface area contributed by atoms with Gasteiger partial charge in [0.1, 0.15) is 5.82 Å². The quantitative estimate of drug-likeness (QED) is 0.203. The second-order valence-corrected chi connectivity index (χ2v) is 9.85. The standard InChI is InChI=1S/C30H38F4N2O3/c1-6-8-22(9-7-10-28(37)25-12-11-24(17-27(25)31)30(32,33)34)18-36(4)19-23-16-26(21(3)15-20(23)2)29(38)35-13-14-39-5/h11-12,15-17,19,22H,2,6-10,13-14,18H2,1,3-5H3,(H,35,38)/b23-19-. The highest BCUT2D eigenvalue weighted by Gasteiger charge is 2.31. The Morgan fingerprint density at radius 2 is 1.87 bits per heavy atom. The maximum Gasteiger partial charge on any atom is 0.416 e. The topological polar surface area (TPSA) is 58.6 Å². The minimum Gasteiger partial charge on any atom is -0.383 e. The number of rotatable bonds is 14. The van der Waals surface area contributed by atoms with Crippen molar-refractivity contribution in [1.82, 2.24) is 10.2 Å². The molecule has 0 fully saturated rings. The normalized spacial score (nSPS) is 12.9. The SMILES string of the molecule is C=c1cc(C)c(C(=O)NCCOC)c/c1=C/N(C)CC(CCC)CCCC(=O)c1ccc(C(F)(F)F)cc1F. The van der Waals surface area contributed by atoms with Crippen molar-refractivity contribution >= 4 is 24.5 Å². The number of nitrogens with zero attached hydrogens (tertiary/aromatic N) is 1. The van der Waals surface area contributed by atoms with Crippen molar-refractivity contribution in [1.29, 1.82) is 0 Å². The van der Waals surface area contributed by atoms with Crippen molar-refractivity contribution in [3.8, 4) is 0 Å². The molecule has 0 saturated carbocycles. The minimum absolute atomic E-state index is 0.0540. The maximum atomic E-state index is 14.2. The summed E-state index contributed by atoms with van der Waals surface area (Å²) in [5.41, 5.74) is -0.0356. The Bertz CT molecular complexity index is 1240. The molecule has 1 amide bonds. The van der Waals surface area contributed by atoms with Gasteiger partial charge >= 0.3 is 6.18 Å². The lowest BCUT2D eigenvalue weighted by atomic mass is 9.94. The van der Waals surface area contributed by atoms with Crippen LogP contribution in [0.15, 0.2) is 30.3 Å². The van der Waals surface area contributed by atoms with E-state index in [4.69, 9.17) is 4.74 Å². The van der Waals surface area contributed by atoms with E-state index in [1.54, 1.807) is 7.11 Å². The first-order valence-corrected chi connectivity index (χ1v) is 13.1. The highest BCUT2D eigenvalue weighted by Crippen LogP contribution is 2.30. The van der Waals surface area contributed by atoms with Gasteiger partial charge in [0.25, 0.3) is 5.91 Å². The number of hydrogen-bond donors (Lipinski definition) is 1. The summed E-state index contributed by atoms with van der Waals surface area (Å²) >= 11 is 0. The van der Waals surface area contributed by atoms with E-state index in [1.165, 1.54) is 0 Å². The molecule has 39 heavy (non-hydrogen) atoms. The molecule has 1 N–H and O–H groups in total. The van der Waals surface area contributed by atoms with Gasteiger partial charge in [-0.15, -0.1) is 0 Å². The number of alkyl halides is 3. The second-order valence-electron chi connectivity index (χ2n) is 9.85. The first-order valence-electron chi connectivity index (χ1n) is 13.1. The van der Waals surface area contributed by atoms with E-state index in [2.05, 4.69) is 18.8 Å². The fourth-order valence-electron chi connectivity index (χ4n) is 4.55. The van der Waals surface area contributed by atoms with E-state index in [0.717, 1.165) is 41.0 Å². The van der Waals surface area contributed by atoms with E-state index in [0.29, 0.717) is 44.2 Å². The molecule has 214 valence electrons. The number of ketones is 1. The van der Waals surface area contributed by atoms with Crippen LogP contribution in [-0.2, 0) is 10.9 Å². The molecule has 0 bridgehead atoms. The van der Waals surface area contributed by atoms with Gasteiger partial charge in [-0.2, -0.15) is 13.2 Å². The number of amides is 1. The first kappa shape index (κ1) is 32.0. The molecule has 5 nitrogen and oxygen atoms in total. The summed E-state index contributed by atoms with van der Waals surface area (Å²) in [5.74, 6) is -1.59. The van der Waals surface area contributed by atoms with Crippen LogP contribution in [0, 0.1) is 18.7 Å². The molecule has 1 unspecified atom stereocenters. The van der Waals surface area contributed by atoms with Gasteiger partial charge < -0.3 is 15.0 Å². The molecule has 0 heterocycles. The Morgan fingerprint density at radius 3 is 2.49 bits per heavy atom. The third kappa shape index (κ3) is 9.80. The molecule has 1 atom stereocenters. The molecule has 2 aromatic rings. The summed E-state index contributed by atoms with van der Waals surface area (Å²) in [6.07, 6.45) is 0.394. The maximum absolute atomic E-state index is 14.2. The van der Waals surface area contributed by atoms with E-state index in [1.807, 2.05) is 37.2 Å². The lowest BCUT2D eigenvalue weighted by Crippen LogP contribution is -2.33. The molecular weight excluding hydrogens is 512 g/mol. The second kappa shape index (κ2) is 14.8. The number of hydrogen-bond acceptors (Lipinski definition) is 4. The zero-order valence-electron chi connectivity index (χ0n) is 23.1. The summed E-state index contributed by atoms with van der Waals surface area (Å²) in [6.45, 7) is 9.57. The molecule has 0 radical (unpaired) electrons. The highest BCUT2D eigenvalue weighted by atomic mass is 19.4. The van der Waals surface area contributed by atoms with Crippen LogP contribution in [0.2, 0.25) is 0 Å². The fourth-order valence-corrected chi connectivity index (χ4v) is 4.55. The van der Waals surface area contributed by atoms with E-state index < -0.39 is 23.3 Å². The number of benzene rings is 2. The Labute approximate surface area is 227 Å². The molecule has 0 saturated heterocycles. The van der Waals surface area contributed by atoms with Gasteiger partial charge in [0.15, 0.2) is 5.78 Å². The molecule has 2 rings (SSSR count). The van der Waals surface area contributed by atoms with Gasteiger partial charge in [0, 0.05) is 45.4 Å². The molecule has 0 aromatic heterocycles. The number of halogens is 4. The lowest BCUT2D eigenvalue weighted by molar-refractivity contribution is -0.137. The summed E-state index contributed by atoms with van der Waals surface area (Å²) in [4.78, 5) is 27.1. The van der Waals surface area contributed by atoms with Gasteiger partial charge in [-0.3, -0.25) is 9.59 Å². The monoisotopic (exact) mass is 550 g/mol. The largest absolute Gasteiger partial charge is 0.416 e. The van der Waals surface area contributed by atoms with E-state index in [-0.39, 0.29) is 23.8 Å². The van der Waals surface area contributed by atoms with Crippen LogP contribution in [0.4, 0.5) is 17.6 Å². The molecule has 0 aliphatic carbocycles. The molecule has 9 heteroatoms. The van der Waals surface area contributed by atoms with Crippen LogP contribution in [0.1, 0.15) is 70.9 Å². The van der Waals surface area contributed by atoms with Crippen LogP contribution in [-0.4, -0.2) is 50.4 Å².